The molecular weight excluding hydrogens is 455 g/mol. The van der Waals surface area contributed by atoms with Gasteiger partial charge < -0.3 is 14.7 Å². The lowest BCUT2D eigenvalue weighted by Gasteiger charge is -2.18. The normalized spacial score (nSPS) is 17.2. The average Bonchev–Trinajstić information content (AvgIpc) is 3.36. The van der Waals surface area contributed by atoms with Gasteiger partial charge in [-0.1, -0.05) is 17.3 Å². The van der Waals surface area contributed by atoms with Gasteiger partial charge in [0.15, 0.2) is 0 Å². The Balaban J connectivity index is 1.42. The molecule has 30 heavy (non-hydrogen) atoms. The molecule has 4 rings (SSSR count). The molecule has 1 aliphatic heterocycles. The fourth-order valence-electron chi connectivity index (χ4n) is 3.34. The number of amides is 2. The van der Waals surface area contributed by atoms with Crippen LogP contribution in [0, 0.1) is 11.7 Å². The second-order valence-electron chi connectivity index (χ2n) is 6.98. The van der Waals surface area contributed by atoms with E-state index in [1.807, 2.05) is 24.3 Å². The van der Waals surface area contributed by atoms with Crippen molar-refractivity contribution in [1.29, 1.82) is 0 Å². The first kappa shape index (κ1) is 20.2. The zero-order valence-electron chi connectivity index (χ0n) is 16.0. The van der Waals surface area contributed by atoms with Crippen molar-refractivity contribution in [3.63, 3.8) is 0 Å². The Morgan fingerprint density at radius 1 is 1.27 bits per heavy atom. The highest BCUT2D eigenvalue weighted by molar-refractivity contribution is 9.10. The Bertz CT molecular complexity index is 1090. The summed E-state index contributed by atoms with van der Waals surface area (Å²) in [6.07, 6.45) is 0.420. The molecule has 0 bridgehead atoms. The molecule has 1 fully saturated rings. The van der Waals surface area contributed by atoms with Crippen LogP contribution in [-0.4, -0.2) is 28.5 Å². The first-order chi connectivity index (χ1) is 14.4. The van der Waals surface area contributed by atoms with Crippen molar-refractivity contribution in [2.75, 3.05) is 11.4 Å². The molecule has 9 heteroatoms. The van der Waals surface area contributed by atoms with Gasteiger partial charge in [0.25, 0.3) is 0 Å². The molecule has 0 radical (unpaired) electrons. The van der Waals surface area contributed by atoms with Crippen LogP contribution in [0.3, 0.4) is 0 Å². The molecule has 1 N–H and O–H groups in total. The number of rotatable bonds is 5. The third-order valence-electron chi connectivity index (χ3n) is 4.94. The first-order valence-electron chi connectivity index (χ1n) is 9.40. The number of halogens is 2. The summed E-state index contributed by atoms with van der Waals surface area (Å²) >= 11 is 3.44. The molecule has 7 nitrogen and oxygen atoms in total. The van der Waals surface area contributed by atoms with Crippen molar-refractivity contribution < 1.29 is 18.5 Å². The van der Waals surface area contributed by atoms with Crippen LogP contribution in [-0.2, 0) is 9.59 Å². The fourth-order valence-corrected chi connectivity index (χ4v) is 3.83. The zero-order chi connectivity index (χ0) is 21.3. The molecule has 0 saturated carbocycles. The first-order valence-corrected chi connectivity index (χ1v) is 10.2. The largest absolute Gasteiger partial charge is 0.344 e. The van der Waals surface area contributed by atoms with Gasteiger partial charge in [0.1, 0.15) is 17.8 Å². The summed E-state index contributed by atoms with van der Waals surface area (Å²) in [6, 6.07) is 12.5. The Morgan fingerprint density at radius 2 is 2.00 bits per heavy atom. The highest BCUT2D eigenvalue weighted by Crippen LogP contribution is 2.31. The number of carbonyl (C=O) groups is 2. The Hall–Kier alpha value is -3.07. The van der Waals surface area contributed by atoms with E-state index in [-0.39, 0.29) is 23.5 Å². The topological polar surface area (TPSA) is 88.3 Å². The third-order valence-corrected chi connectivity index (χ3v) is 5.61. The number of nitrogens with zero attached hydrogens (tertiary/aromatic N) is 3. The van der Waals surface area contributed by atoms with Gasteiger partial charge in [-0.2, -0.15) is 4.98 Å². The van der Waals surface area contributed by atoms with E-state index >= 15 is 0 Å². The van der Waals surface area contributed by atoms with E-state index in [0.29, 0.717) is 24.4 Å². The molecule has 1 aliphatic rings. The highest BCUT2D eigenvalue weighted by atomic mass is 79.9. The predicted octanol–water partition coefficient (Wildman–Crippen LogP) is 3.87. The SMILES string of the molecule is CC(NC(=O)C1CCN(c2ccccc2Br)C1=O)c1nc(-c2ccc(F)cc2)no1. The maximum atomic E-state index is 13.1. The number of nitrogens with one attached hydrogen (secondary N) is 1. The van der Waals surface area contributed by atoms with Crippen molar-refractivity contribution in [3.8, 4) is 11.4 Å². The van der Waals surface area contributed by atoms with Crippen molar-refractivity contribution >= 4 is 33.4 Å². The minimum atomic E-state index is -0.779. The van der Waals surface area contributed by atoms with Gasteiger partial charge >= 0.3 is 0 Å². The monoisotopic (exact) mass is 472 g/mol. The van der Waals surface area contributed by atoms with Crippen LogP contribution in [0.25, 0.3) is 11.4 Å². The Labute approximate surface area is 180 Å². The quantitative estimate of drug-likeness (QED) is 0.569. The Kier molecular flexibility index (Phi) is 5.63. The van der Waals surface area contributed by atoms with Gasteiger partial charge in [0.2, 0.25) is 23.5 Å². The lowest BCUT2D eigenvalue weighted by atomic mass is 10.1. The van der Waals surface area contributed by atoms with Crippen LogP contribution < -0.4 is 10.2 Å². The van der Waals surface area contributed by atoms with Crippen molar-refractivity contribution in [2.45, 2.75) is 19.4 Å². The maximum absolute atomic E-state index is 13.1. The van der Waals surface area contributed by atoms with E-state index < -0.39 is 12.0 Å². The molecular formula is C21H18BrFN4O3. The van der Waals surface area contributed by atoms with E-state index in [0.717, 1.165) is 10.2 Å². The van der Waals surface area contributed by atoms with Crippen LogP contribution >= 0.6 is 15.9 Å². The van der Waals surface area contributed by atoms with E-state index in [4.69, 9.17) is 4.52 Å². The standard InChI is InChI=1S/C21H18BrFN4O3/c1-12(20-25-18(26-30-20)13-6-8-14(23)9-7-13)24-19(28)15-10-11-27(21(15)29)17-5-3-2-4-16(17)22/h2-9,12,15H,10-11H2,1H3,(H,24,28). The van der Waals surface area contributed by atoms with Crippen LogP contribution in [0.1, 0.15) is 25.3 Å². The van der Waals surface area contributed by atoms with E-state index in [9.17, 15) is 14.0 Å². The second kappa shape index (κ2) is 8.35. The molecule has 2 heterocycles. The molecule has 2 aromatic carbocycles. The molecule has 3 aromatic rings. The number of hydrogen-bond donors (Lipinski definition) is 1. The number of para-hydroxylation sites is 1. The summed E-state index contributed by atoms with van der Waals surface area (Å²) in [5.74, 6) is -1.27. The third kappa shape index (κ3) is 3.97. The van der Waals surface area contributed by atoms with E-state index in [2.05, 4.69) is 31.4 Å². The van der Waals surface area contributed by atoms with Crippen molar-refractivity contribution in [1.82, 2.24) is 15.5 Å². The van der Waals surface area contributed by atoms with Gasteiger partial charge in [0, 0.05) is 16.6 Å². The average molecular weight is 473 g/mol. The lowest BCUT2D eigenvalue weighted by Crippen LogP contribution is -2.38. The maximum Gasteiger partial charge on any atom is 0.249 e. The number of carbonyl (C=O) groups excluding carboxylic acids is 2. The van der Waals surface area contributed by atoms with Gasteiger partial charge in [0.05, 0.1) is 5.69 Å². The molecule has 2 unspecified atom stereocenters. The molecule has 154 valence electrons. The minimum absolute atomic E-state index is 0.204. The van der Waals surface area contributed by atoms with E-state index in [1.54, 1.807) is 24.0 Å². The molecule has 2 atom stereocenters. The second-order valence-corrected chi connectivity index (χ2v) is 7.83. The number of anilines is 1. The number of benzene rings is 2. The van der Waals surface area contributed by atoms with Gasteiger partial charge in [-0.25, -0.2) is 4.39 Å². The number of aromatic nitrogens is 2. The van der Waals surface area contributed by atoms with Gasteiger partial charge in [-0.05, 0) is 65.7 Å². The van der Waals surface area contributed by atoms with Crippen LogP contribution in [0.2, 0.25) is 0 Å². The Morgan fingerprint density at radius 3 is 2.73 bits per heavy atom. The molecule has 1 saturated heterocycles. The highest BCUT2D eigenvalue weighted by Gasteiger charge is 2.39. The molecule has 0 spiro atoms. The smallest absolute Gasteiger partial charge is 0.249 e. The summed E-state index contributed by atoms with van der Waals surface area (Å²) in [6.45, 7) is 2.16. The molecule has 2 amide bonds. The van der Waals surface area contributed by atoms with Crippen LogP contribution in [0.5, 0.6) is 0 Å². The van der Waals surface area contributed by atoms with Gasteiger partial charge in [-0.15, -0.1) is 0 Å². The summed E-state index contributed by atoms with van der Waals surface area (Å²) in [5, 5.41) is 6.65. The summed E-state index contributed by atoms with van der Waals surface area (Å²) in [7, 11) is 0. The van der Waals surface area contributed by atoms with Crippen molar-refractivity contribution in [2.24, 2.45) is 5.92 Å². The minimum Gasteiger partial charge on any atom is -0.344 e. The zero-order valence-corrected chi connectivity index (χ0v) is 17.6. The fraction of sp³-hybridized carbons (Fsp3) is 0.238. The van der Waals surface area contributed by atoms with Gasteiger partial charge in [-0.3, -0.25) is 9.59 Å². The van der Waals surface area contributed by atoms with Crippen molar-refractivity contribution in [3.05, 3.63) is 64.7 Å². The molecule has 0 aliphatic carbocycles. The lowest BCUT2D eigenvalue weighted by molar-refractivity contribution is -0.132. The van der Waals surface area contributed by atoms with Crippen LogP contribution in [0.4, 0.5) is 10.1 Å². The summed E-state index contributed by atoms with van der Waals surface area (Å²) in [4.78, 5) is 31.4. The summed E-state index contributed by atoms with van der Waals surface area (Å²) in [5.41, 5.74) is 1.34. The number of hydrogen-bond acceptors (Lipinski definition) is 5. The van der Waals surface area contributed by atoms with E-state index in [1.165, 1.54) is 12.1 Å². The predicted molar refractivity (Wildman–Crippen MR) is 111 cm³/mol. The molecule has 1 aromatic heterocycles. The van der Waals surface area contributed by atoms with Crippen LogP contribution in [0.15, 0.2) is 57.5 Å². The summed E-state index contributed by atoms with van der Waals surface area (Å²) < 4.78 is 19.1.